The van der Waals surface area contributed by atoms with E-state index in [9.17, 15) is 4.79 Å². The van der Waals surface area contributed by atoms with E-state index in [4.69, 9.17) is 0 Å². The van der Waals surface area contributed by atoms with Gasteiger partial charge in [-0.25, -0.2) is 4.98 Å². The Kier molecular flexibility index (Phi) is 4.92. The van der Waals surface area contributed by atoms with Crippen molar-refractivity contribution < 1.29 is 4.79 Å². The molecule has 0 saturated carbocycles. The molecule has 88 valence electrons. The molecule has 0 atom stereocenters. The summed E-state index contributed by atoms with van der Waals surface area (Å²) in [4.78, 5) is 15.8. The Labute approximate surface area is 96.5 Å². The first-order valence-electron chi connectivity index (χ1n) is 5.51. The molecule has 4 nitrogen and oxygen atoms in total. The molecule has 0 unspecified atom stereocenters. The first-order chi connectivity index (χ1) is 7.61. The number of nitrogens with zero attached hydrogens (tertiary/aromatic N) is 1. The summed E-state index contributed by atoms with van der Waals surface area (Å²) < 4.78 is 0. The molecule has 1 aromatic heterocycles. The van der Waals surface area contributed by atoms with Crippen LogP contribution in [0.15, 0.2) is 12.1 Å². The van der Waals surface area contributed by atoms with E-state index in [1.807, 2.05) is 33.0 Å². The normalized spacial score (nSPS) is 10.2. The second kappa shape index (κ2) is 6.23. The molecule has 16 heavy (non-hydrogen) atoms. The molecule has 1 rings (SSSR count). The first-order valence-corrected chi connectivity index (χ1v) is 5.51. The topological polar surface area (TPSA) is 54.0 Å². The predicted molar refractivity (Wildman–Crippen MR) is 65.5 cm³/mol. The molecule has 0 aliphatic heterocycles. The fraction of sp³-hybridized carbons (Fsp3) is 0.500. The van der Waals surface area contributed by atoms with Crippen LogP contribution in [0.4, 0.5) is 5.82 Å². The Morgan fingerprint density at radius 2 is 2.12 bits per heavy atom. The van der Waals surface area contributed by atoms with Gasteiger partial charge in [0.25, 0.3) is 0 Å². The van der Waals surface area contributed by atoms with E-state index < -0.39 is 0 Å². The SMILES string of the molecule is CNCCCC(=O)Nc1cc(C)cc(C)n1. The molecule has 1 heterocycles. The standard InChI is InChI=1S/C12H19N3O/c1-9-7-10(2)14-11(8-9)15-12(16)5-4-6-13-3/h7-8,13H,4-6H2,1-3H3,(H,14,15,16). The molecular formula is C12H19N3O. The van der Waals surface area contributed by atoms with Gasteiger partial charge in [0.2, 0.25) is 5.91 Å². The molecule has 1 amide bonds. The highest BCUT2D eigenvalue weighted by Crippen LogP contribution is 2.09. The Balaban J connectivity index is 2.49. The minimum atomic E-state index is 0.0211. The van der Waals surface area contributed by atoms with E-state index in [-0.39, 0.29) is 5.91 Å². The zero-order chi connectivity index (χ0) is 12.0. The number of pyridine rings is 1. The summed E-state index contributed by atoms with van der Waals surface area (Å²) in [7, 11) is 1.88. The lowest BCUT2D eigenvalue weighted by Gasteiger charge is -2.06. The number of carbonyl (C=O) groups is 1. The van der Waals surface area contributed by atoms with Crippen molar-refractivity contribution in [3.63, 3.8) is 0 Å². The zero-order valence-corrected chi connectivity index (χ0v) is 10.1. The van der Waals surface area contributed by atoms with Crippen molar-refractivity contribution in [2.24, 2.45) is 0 Å². The van der Waals surface area contributed by atoms with Gasteiger partial charge in [-0.2, -0.15) is 0 Å². The average molecular weight is 221 g/mol. The van der Waals surface area contributed by atoms with Gasteiger partial charge in [-0.1, -0.05) is 0 Å². The van der Waals surface area contributed by atoms with Gasteiger partial charge >= 0.3 is 0 Å². The number of carbonyl (C=O) groups excluding carboxylic acids is 1. The third kappa shape index (κ3) is 4.40. The van der Waals surface area contributed by atoms with Gasteiger partial charge in [-0.15, -0.1) is 0 Å². The molecule has 0 radical (unpaired) electrons. The molecule has 4 heteroatoms. The van der Waals surface area contributed by atoms with E-state index in [0.29, 0.717) is 12.2 Å². The summed E-state index contributed by atoms with van der Waals surface area (Å²) in [6.07, 6.45) is 1.36. The highest BCUT2D eigenvalue weighted by molar-refractivity contribution is 5.89. The molecular weight excluding hydrogens is 202 g/mol. The van der Waals surface area contributed by atoms with Crippen molar-refractivity contribution in [3.8, 4) is 0 Å². The van der Waals surface area contributed by atoms with E-state index in [1.54, 1.807) is 0 Å². The van der Waals surface area contributed by atoms with Crippen molar-refractivity contribution >= 4 is 11.7 Å². The van der Waals surface area contributed by atoms with E-state index in [0.717, 1.165) is 24.2 Å². The van der Waals surface area contributed by atoms with Crippen molar-refractivity contribution in [1.29, 1.82) is 0 Å². The molecule has 0 aliphatic carbocycles. The van der Waals surface area contributed by atoms with Crippen molar-refractivity contribution in [1.82, 2.24) is 10.3 Å². The number of amides is 1. The first kappa shape index (κ1) is 12.6. The number of anilines is 1. The van der Waals surface area contributed by atoms with Gasteiger partial charge in [-0.05, 0) is 51.6 Å². The highest BCUT2D eigenvalue weighted by Gasteiger charge is 2.03. The molecule has 0 saturated heterocycles. The third-order valence-electron chi connectivity index (χ3n) is 2.20. The fourth-order valence-corrected chi connectivity index (χ4v) is 1.54. The molecule has 0 spiro atoms. The average Bonchev–Trinajstić information content (AvgIpc) is 2.16. The predicted octanol–water partition coefficient (Wildman–Crippen LogP) is 1.64. The monoisotopic (exact) mass is 221 g/mol. The van der Waals surface area contributed by atoms with Gasteiger partial charge in [0, 0.05) is 12.1 Å². The maximum atomic E-state index is 11.5. The van der Waals surface area contributed by atoms with Crippen molar-refractivity contribution in [3.05, 3.63) is 23.4 Å². The highest BCUT2D eigenvalue weighted by atomic mass is 16.1. The third-order valence-corrected chi connectivity index (χ3v) is 2.20. The van der Waals surface area contributed by atoms with Crippen LogP contribution in [0.3, 0.4) is 0 Å². The summed E-state index contributed by atoms with van der Waals surface area (Å²) in [5.41, 5.74) is 2.03. The van der Waals surface area contributed by atoms with Crippen LogP contribution in [-0.4, -0.2) is 24.5 Å². The molecule has 0 aliphatic rings. The number of hydrogen-bond acceptors (Lipinski definition) is 3. The van der Waals surface area contributed by atoms with E-state index in [1.165, 1.54) is 0 Å². The Hall–Kier alpha value is -1.42. The Morgan fingerprint density at radius 1 is 1.38 bits per heavy atom. The zero-order valence-electron chi connectivity index (χ0n) is 10.1. The lowest BCUT2D eigenvalue weighted by Crippen LogP contribution is -2.16. The second-order valence-electron chi connectivity index (χ2n) is 3.93. The number of aromatic nitrogens is 1. The van der Waals surface area contributed by atoms with Crippen LogP contribution in [-0.2, 0) is 4.79 Å². The van der Waals surface area contributed by atoms with Crippen LogP contribution in [0.1, 0.15) is 24.1 Å². The van der Waals surface area contributed by atoms with Gasteiger partial charge < -0.3 is 10.6 Å². The minimum absolute atomic E-state index is 0.0211. The molecule has 0 aromatic carbocycles. The second-order valence-corrected chi connectivity index (χ2v) is 3.93. The number of nitrogens with one attached hydrogen (secondary N) is 2. The lowest BCUT2D eigenvalue weighted by atomic mass is 10.2. The summed E-state index contributed by atoms with van der Waals surface area (Å²) in [6, 6.07) is 3.86. The van der Waals surface area contributed by atoms with Crippen LogP contribution in [0.2, 0.25) is 0 Å². The molecule has 1 aromatic rings. The van der Waals surface area contributed by atoms with Crippen LogP contribution in [0.5, 0.6) is 0 Å². The van der Waals surface area contributed by atoms with Gasteiger partial charge in [-0.3, -0.25) is 4.79 Å². The Morgan fingerprint density at radius 3 is 2.75 bits per heavy atom. The molecule has 0 bridgehead atoms. The number of hydrogen-bond donors (Lipinski definition) is 2. The quantitative estimate of drug-likeness (QED) is 0.743. The van der Waals surface area contributed by atoms with E-state index in [2.05, 4.69) is 15.6 Å². The minimum Gasteiger partial charge on any atom is -0.320 e. The van der Waals surface area contributed by atoms with Gasteiger partial charge in [0.05, 0.1) is 0 Å². The summed E-state index contributed by atoms with van der Waals surface area (Å²) in [5, 5.41) is 5.81. The number of aryl methyl sites for hydroxylation is 2. The maximum Gasteiger partial charge on any atom is 0.225 e. The van der Waals surface area contributed by atoms with Crippen LogP contribution < -0.4 is 10.6 Å². The fourth-order valence-electron chi connectivity index (χ4n) is 1.54. The molecule has 2 N–H and O–H groups in total. The summed E-state index contributed by atoms with van der Waals surface area (Å²) >= 11 is 0. The van der Waals surface area contributed by atoms with E-state index >= 15 is 0 Å². The van der Waals surface area contributed by atoms with Crippen LogP contribution in [0.25, 0.3) is 0 Å². The van der Waals surface area contributed by atoms with Crippen molar-refractivity contribution in [2.45, 2.75) is 26.7 Å². The lowest BCUT2D eigenvalue weighted by molar-refractivity contribution is -0.116. The van der Waals surface area contributed by atoms with Gasteiger partial charge in [0.15, 0.2) is 0 Å². The molecule has 0 fully saturated rings. The summed E-state index contributed by atoms with van der Waals surface area (Å²) in [6.45, 7) is 4.77. The smallest absolute Gasteiger partial charge is 0.225 e. The van der Waals surface area contributed by atoms with Crippen LogP contribution in [0, 0.1) is 13.8 Å². The largest absolute Gasteiger partial charge is 0.320 e. The van der Waals surface area contributed by atoms with Gasteiger partial charge in [0.1, 0.15) is 5.82 Å². The maximum absolute atomic E-state index is 11.5. The number of rotatable bonds is 5. The van der Waals surface area contributed by atoms with Crippen molar-refractivity contribution in [2.75, 3.05) is 18.9 Å². The summed E-state index contributed by atoms with van der Waals surface area (Å²) in [5.74, 6) is 0.666. The Bertz CT molecular complexity index is 343. The van der Waals surface area contributed by atoms with Crippen LogP contribution >= 0.6 is 0 Å².